The highest BCUT2D eigenvalue weighted by molar-refractivity contribution is 6.32. The lowest BCUT2D eigenvalue weighted by Crippen LogP contribution is -2.37. The number of carbonyl (C=O) groups excluding carboxylic acids is 1. The first-order chi connectivity index (χ1) is 9.06. The van der Waals surface area contributed by atoms with E-state index in [0.29, 0.717) is 17.5 Å². The van der Waals surface area contributed by atoms with Gasteiger partial charge in [0.2, 0.25) is 0 Å². The van der Waals surface area contributed by atoms with Crippen molar-refractivity contribution in [1.29, 1.82) is 0 Å². The van der Waals surface area contributed by atoms with E-state index < -0.39 is 4.92 Å². The Morgan fingerprint density at radius 1 is 1.42 bits per heavy atom. The van der Waals surface area contributed by atoms with Gasteiger partial charge in [0, 0.05) is 24.2 Å². The second-order valence-corrected chi connectivity index (χ2v) is 5.62. The van der Waals surface area contributed by atoms with Crippen LogP contribution in [0.25, 0.3) is 0 Å². The molecular weight excluding hydrogens is 268 g/mol. The normalized spacial score (nSPS) is 24.8. The Morgan fingerprint density at radius 2 is 2.21 bits per heavy atom. The molecule has 6 heteroatoms. The Balaban J connectivity index is 1.88. The monoisotopic (exact) mass is 280 g/mol. The molecule has 0 aromatic heterocycles. The van der Waals surface area contributed by atoms with Crippen LogP contribution in [-0.2, 0) is 0 Å². The van der Waals surface area contributed by atoms with Gasteiger partial charge in [0.25, 0.3) is 11.6 Å². The second-order valence-electron chi connectivity index (χ2n) is 5.21. The predicted octanol–water partition coefficient (Wildman–Crippen LogP) is 2.87. The van der Waals surface area contributed by atoms with Crippen LogP contribution < -0.4 is 0 Å². The van der Waals surface area contributed by atoms with Crippen LogP contribution in [0.4, 0.5) is 5.69 Å². The number of halogens is 1. The molecule has 19 heavy (non-hydrogen) atoms. The summed E-state index contributed by atoms with van der Waals surface area (Å²) in [6, 6.07) is 4.56. The number of carbonyl (C=O) groups is 1. The SMILES string of the molecule is O=C(c1ccc(Cl)c([N+](=O)[O-])c1)N1CC2CCC1C2. The smallest absolute Gasteiger partial charge is 0.288 e. The van der Waals surface area contributed by atoms with Crippen molar-refractivity contribution in [3.05, 3.63) is 38.9 Å². The van der Waals surface area contributed by atoms with Crippen molar-refractivity contribution < 1.29 is 9.72 Å². The summed E-state index contributed by atoms with van der Waals surface area (Å²) in [5.41, 5.74) is 0.139. The minimum Gasteiger partial charge on any atom is -0.335 e. The maximum absolute atomic E-state index is 12.4. The van der Waals surface area contributed by atoms with E-state index in [1.807, 2.05) is 4.90 Å². The summed E-state index contributed by atoms with van der Waals surface area (Å²) in [7, 11) is 0. The molecule has 3 rings (SSSR count). The van der Waals surface area contributed by atoms with E-state index in [2.05, 4.69) is 0 Å². The van der Waals surface area contributed by atoms with Crippen LogP contribution in [0.1, 0.15) is 29.6 Å². The minimum absolute atomic E-state index is 0.0597. The number of nitrogens with zero attached hydrogens (tertiary/aromatic N) is 2. The Bertz CT molecular complexity index is 561. The molecule has 0 N–H and O–H groups in total. The molecule has 2 aliphatic rings. The van der Waals surface area contributed by atoms with Crippen molar-refractivity contribution in [2.24, 2.45) is 5.92 Å². The average molecular weight is 281 g/mol. The first-order valence-corrected chi connectivity index (χ1v) is 6.69. The lowest BCUT2D eigenvalue weighted by molar-refractivity contribution is -0.384. The number of fused-ring (bicyclic) bond motifs is 2. The molecule has 1 aromatic carbocycles. The first-order valence-electron chi connectivity index (χ1n) is 6.31. The standard InChI is InChI=1S/C13H13ClN2O3/c14-11-4-2-9(6-12(11)16(18)19)13(17)15-7-8-1-3-10(15)5-8/h2,4,6,8,10H,1,3,5,7H2. The quantitative estimate of drug-likeness (QED) is 0.618. The number of rotatable bonds is 2. The molecular formula is C13H13ClN2O3. The first kappa shape index (κ1) is 12.4. The molecule has 2 atom stereocenters. The lowest BCUT2D eigenvalue weighted by atomic mass is 10.1. The molecule has 5 nitrogen and oxygen atoms in total. The fourth-order valence-corrected chi connectivity index (χ4v) is 3.31. The molecule has 1 aliphatic carbocycles. The van der Waals surface area contributed by atoms with Crippen molar-refractivity contribution in [3.8, 4) is 0 Å². The maximum Gasteiger partial charge on any atom is 0.288 e. The summed E-state index contributed by atoms with van der Waals surface area (Å²) in [6.07, 6.45) is 3.31. The van der Waals surface area contributed by atoms with Gasteiger partial charge in [-0.3, -0.25) is 14.9 Å². The Morgan fingerprint density at radius 3 is 2.79 bits per heavy atom. The van der Waals surface area contributed by atoms with Crippen molar-refractivity contribution in [2.45, 2.75) is 25.3 Å². The molecule has 1 aromatic rings. The van der Waals surface area contributed by atoms with Gasteiger partial charge in [-0.1, -0.05) is 11.6 Å². The molecule has 1 amide bonds. The zero-order valence-corrected chi connectivity index (χ0v) is 11.0. The van der Waals surface area contributed by atoms with Crippen LogP contribution in [0.3, 0.4) is 0 Å². The van der Waals surface area contributed by atoms with Crippen LogP contribution >= 0.6 is 11.6 Å². The van der Waals surface area contributed by atoms with Gasteiger partial charge < -0.3 is 4.90 Å². The maximum atomic E-state index is 12.4. The van der Waals surface area contributed by atoms with Crippen LogP contribution in [-0.4, -0.2) is 28.3 Å². The van der Waals surface area contributed by atoms with Gasteiger partial charge in [0.1, 0.15) is 5.02 Å². The van der Waals surface area contributed by atoms with Gasteiger partial charge in [-0.25, -0.2) is 0 Å². The number of hydrogen-bond acceptors (Lipinski definition) is 3. The molecule has 2 unspecified atom stereocenters. The molecule has 2 bridgehead atoms. The van der Waals surface area contributed by atoms with Crippen LogP contribution in [0, 0.1) is 16.0 Å². The van der Waals surface area contributed by atoms with Crippen molar-refractivity contribution in [1.82, 2.24) is 4.90 Å². The molecule has 1 heterocycles. The van der Waals surface area contributed by atoms with E-state index in [4.69, 9.17) is 11.6 Å². The zero-order valence-electron chi connectivity index (χ0n) is 10.2. The van der Waals surface area contributed by atoms with Gasteiger partial charge in [-0.15, -0.1) is 0 Å². The number of benzene rings is 1. The Hall–Kier alpha value is -1.62. The third kappa shape index (κ3) is 2.08. The van der Waals surface area contributed by atoms with E-state index in [0.717, 1.165) is 19.4 Å². The Kier molecular flexibility index (Phi) is 2.93. The van der Waals surface area contributed by atoms with E-state index in [9.17, 15) is 14.9 Å². The summed E-state index contributed by atoms with van der Waals surface area (Å²) in [5.74, 6) is 0.489. The molecule has 1 saturated carbocycles. The largest absolute Gasteiger partial charge is 0.335 e. The summed E-state index contributed by atoms with van der Waals surface area (Å²) in [6.45, 7) is 0.778. The number of nitro benzene ring substituents is 1. The molecule has 1 saturated heterocycles. The van der Waals surface area contributed by atoms with Crippen molar-refractivity contribution in [2.75, 3.05) is 6.54 Å². The molecule has 1 aliphatic heterocycles. The highest BCUT2D eigenvalue weighted by Gasteiger charge is 2.40. The van der Waals surface area contributed by atoms with E-state index in [1.165, 1.54) is 18.6 Å². The van der Waals surface area contributed by atoms with E-state index in [-0.39, 0.29) is 16.6 Å². The van der Waals surface area contributed by atoms with Crippen molar-refractivity contribution >= 4 is 23.2 Å². The fourth-order valence-electron chi connectivity index (χ4n) is 3.12. The topological polar surface area (TPSA) is 63.4 Å². The molecule has 2 fully saturated rings. The third-order valence-corrected chi connectivity index (χ3v) is 4.38. The van der Waals surface area contributed by atoms with Crippen LogP contribution in [0.5, 0.6) is 0 Å². The Labute approximate surface area is 115 Å². The van der Waals surface area contributed by atoms with E-state index >= 15 is 0 Å². The molecule has 0 radical (unpaired) electrons. The third-order valence-electron chi connectivity index (χ3n) is 4.06. The highest BCUT2D eigenvalue weighted by atomic mass is 35.5. The van der Waals surface area contributed by atoms with E-state index in [1.54, 1.807) is 6.07 Å². The summed E-state index contributed by atoms with van der Waals surface area (Å²) in [4.78, 5) is 24.5. The summed E-state index contributed by atoms with van der Waals surface area (Å²) >= 11 is 5.75. The summed E-state index contributed by atoms with van der Waals surface area (Å²) < 4.78 is 0. The number of piperidine rings is 1. The number of hydrogen-bond donors (Lipinski definition) is 0. The molecule has 0 spiro atoms. The number of nitro groups is 1. The van der Waals surface area contributed by atoms with Gasteiger partial charge >= 0.3 is 0 Å². The average Bonchev–Trinajstić information content (AvgIpc) is 3.00. The van der Waals surface area contributed by atoms with Crippen molar-refractivity contribution in [3.63, 3.8) is 0 Å². The second kappa shape index (κ2) is 4.49. The number of likely N-dealkylation sites (tertiary alicyclic amines) is 1. The lowest BCUT2D eigenvalue weighted by Gasteiger charge is -2.27. The van der Waals surface area contributed by atoms with Gasteiger partial charge in [-0.05, 0) is 37.3 Å². The van der Waals surface area contributed by atoms with Crippen LogP contribution in [0.15, 0.2) is 18.2 Å². The minimum atomic E-state index is -0.560. The highest BCUT2D eigenvalue weighted by Crippen LogP contribution is 2.38. The predicted molar refractivity (Wildman–Crippen MR) is 70.3 cm³/mol. The van der Waals surface area contributed by atoms with Gasteiger partial charge in [0.05, 0.1) is 4.92 Å². The molecule has 100 valence electrons. The fraction of sp³-hybridized carbons (Fsp3) is 0.462. The van der Waals surface area contributed by atoms with Crippen LogP contribution in [0.2, 0.25) is 5.02 Å². The summed E-state index contributed by atoms with van der Waals surface area (Å²) in [5, 5.41) is 10.9. The number of amides is 1. The van der Waals surface area contributed by atoms with Gasteiger partial charge in [0.15, 0.2) is 0 Å². The van der Waals surface area contributed by atoms with Gasteiger partial charge in [-0.2, -0.15) is 0 Å². The zero-order chi connectivity index (χ0) is 13.6.